The Kier molecular flexibility index (Phi) is 9.33. The van der Waals surface area contributed by atoms with E-state index < -0.39 is 5.60 Å². The van der Waals surface area contributed by atoms with E-state index in [1.807, 2.05) is 31.2 Å². The number of nitrogens with zero attached hydrogens (tertiary/aromatic N) is 1. The van der Waals surface area contributed by atoms with E-state index in [0.29, 0.717) is 38.6 Å². The fourth-order valence-corrected chi connectivity index (χ4v) is 2.72. The van der Waals surface area contributed by atoms with Crippen LogP contribution < -0.4 is 10.6 Å². The third kappa shape index (κ3) is 6.74. The second kappa shape index (κ2) is 10.4. The molecule has 0 spiro atoms. The van der Waals surface area contributed by atoms with Crippen LogP contribution in [0.4, 0.5) is 0 Å². The second-order valence-corrected chi connectivity index (χ2v) is 6.39. The van der Waals surface area contributed by atoms with E-state index in [1.165, 1.54) is 0 Å². The van der Waals surface area contributed by atoms with Gasteiger partial charge in [0.2, 0.25) is 0 Å². The topological polar surface area (TPSA) is 65.9 Å². The monoisotopic (exact) mass is 467 g/mol. The van der Waals surface area contributed by atoms with Gasteiger partial charge in [-0.25, -0.2) is 0 Å². The Hall–Kier alpha value is -0.570. The third-order valence-electron chi connectivity index (χ3n) is 4.00. The third-order valence-corrected chi connectivity index (χ3v) is 4.24. The lowest BCUT2D eigenvalue weighted by Crippen LogP contribution is -2.43. The number of rotatable bonds is 5. The van der Waals surface area contributed by atoms with Crippen molar-refractivity contribution in [2.24, 2.45) is 4.99 Å². The van der Waals surface area contributed by atoms with Gasteiger partial charge in [-0.05, 0) is 31.5 Å². The molecule has 7 heteroatoms. The van der Waals surface area contributed by atoms with Gasteiger partial charge in [-0.2, -0.15) is 0 Å². The number of nitrogens with one attached hydrogen (secondary N) is 2. The highest BCUT2D eigenvalue weighted by Gasteiger charge is 2.29. The molecule has 0 aliphatic carbocycles. The van der Waals surface area contributed by atoms with Gasteiger partial charge in [-0.1, -0.05) is 23.7 Å². The van der Waals surface area contributed by atoms with Crippen LogP contribution in [0.2, 0.25) is 5.02 Å². The molecular formula is C17H27ClIN3O2. The predicted octanol–water partition coefficient (Wildman–Crippen LogP) is 3.12. The van der Waals surface area contributed by atoms with Crippen molar-refractivity contribution >= 4 is 41.5 Å². The first-order chi connectivity index (χ1) is 11.0. The average Bonchev–Trinajstić information content (AvgIpc) is 2.53. The molecule has 1 heterocycles. The lowest BCUT2D eigenvalue weighted by atomic mass is 9.95. The molecule has 0 radical (unpaired) electrons. The molecule has 0 amide bonds. The van der Waals surface area contributed by atoms with Crippen LogP contribution >= 0.6 is 35.6 Å². The Balaban J connectivity index is 0.00000288. The van der Waals surface area contributed by atoms with Crippen molar-refractivity contribution in [3.05, 3.63) is 34.9 Å². The fraction of sp³-hybridized carbons (Fsp3) is 0.588. The summed E-state index contributed by atoms with van der Waals surface area (Å²) in [6.45, 7) is 6.39. The largest absolute Gasteiger partial charge is 0.388 e. The minimum absolute atomic E-state index is 0. The van der Waals surface area contributed by atoms with Crippen LogP contribution in [-0.4, -0.2) is 43.0 Å². The zero-order valence-electron chi connectivity index (χ0n) is 14.2. The SMILES string of the molecule is CCNC(=NCC1(O)CCOCC1)NC(C)c1cccc(Cl)c1.I. The van der Waals surface area contributed by atoms with Crippen LogP contribution in [0.1, 0.15) is 38.3 Å². The van der Waals surface area contributed by atoms with Crippen LogP contribution in [0.5, 0.6) is 0 Å². The summed E-state index contributed by atoms with van der Waals surface area (Å²) in [5.41, 5.74) is 0.327. The number of hydrogen-bond donors (Lipinski definition) is 3. The fourth-order valence-electron chi connectivity index (χ4n) is 2.52. The number of benzene rings is 1. The Morgan fingerprint density at radius 3 is 2.75 bits per heavy atom. The van der Waals surface area contributed by atoms with Crippen molar-refractivity contribution in [1.29, 1.82) is 0 Å². The van der Waals surface area contributed by atoms with Gasteiger partial charge in [0.1, 0.15) is 0 Å². The van der Waals surface area contributed by atoms with Crippen molar-refractivity contribution in [2.45, 2.75) is 38.3 Å². The van der Waals surface area contributed by atoms with E-state index >= 15 is 0 Å². The molecule has 5 nitrogen and oxygen atoms in total. The number of aliphatic hydroxyl groups is 1. The van der Waals surface area contributed by atoms with Gasteiger partial charge in [-0.3, -0.25) is 4.99 Å². The maximum Gasteiger partial charge on any atom is 0.191 e. The first kappa shape index (κ1) is 21.5. The zero-order valence-corrected chi connectivity index (χ0v) is 17.3. The molecule has 1 aromatic rings. The molecular weight excluding hydrogens is 441 g/mol. The van der Waals surface area contributed by atoms with E-state index in [4.69, 9.17) is 16.3 Å². The van der Waals surface area contributed by atoms with Crippen LogP contribution in [0.3, 0.4) is 0 Å². The minimum Gasteiger partial charge on any atom is -0.388 e. The summed E-state index contributed by atoms with van der Waals surface area (Å²) in [6, 6.07) is 7.83. The standard InChI is InChI=1S/C17H26ClN3O2.HI/c1-3-19-16(20-12-17(22)7-9-23-10-8-17)21-13(2)14-5-4-6-15(18)11-14;/h4-6,11,13,22H,3,7-10,12H2,1-2H3,(H2,19,20,21);1H. The van der Waals surface area contributed by atoms with Gasteiger partial charge in [0, 0.05) is 37.6 Å². The minimum atomic E-state index is -0.764. The maximum absolute atomic E-state index is 10.5. The number of ether oxygens (including phenoxy) is 1. The molecule has 1 aromatic carbocycles. The van der Waals surface area contributed by atoms with Gasteiger partial charge in [-0.15, -0.1) is 24.0 Å². The highest BCUT2D eigenvalue weighted by molar-refractivity contribution is 14.0. The normalized spacial score (nSPS) is 18.4. The average molecular weight is 468 g/mol. The highest BCUT2D eigenvalue weighted by atomic mass is 127. The summed E-state index contributed by atoms with van der Waals surface area (Å²) in [7, 11) is 0. The molecule has 1 fully saturated rings. The number of hydrogen-bond acceptors (Lipinski definition) is 3. The molecule has 1 atom stereocenters. The summed E-state index contributed by atoms with van der Waals surface area (Å²) >= 11 is 6.05. The van der Waals surface area contributed by atoms with E-state index in [2.05, 4.69) is 22.5 Å². The van der Waals surface area contributed by atoms with Gasteiger partial charge >= 0.3 is 0 Å². The molecule has 136 valence electrons. The van der Waals surface area contributed by atoms with Crippen molar-refractivity contribution in [1.82, 2.24) is 10.6 Å². The summed E-state index contributed by atoms with van der Waals surface area (Å²) < 4.78 is 5.30. The highest BCUT2D eigenvalue weighted by Crippen LogP contribution is 2.21. The quantitative estimate of drug-likeness (QED) is 0.354. The Bertz CT molecular complexity index is 536. The lowest BCUT2D eigenvalue weighted by molar-refractivity contribution is -0.0566. The molecule has 0 bridgehead atoms. The van der Waals surface area contributed by atoms with E-state index in [0.717, 1.165) is 17.1 Å². The van der Waals surface area contributed by atoms with Gasteiger partial charge in [0.15, 0.2) is 5.96 Å². The summed E-state index contributed by atoms with van der Waals surface area (Å²) in [6.07, 6.45) is 1.25. The van der Waals surface area contributed by atoms with Gasteiger partial charge in [0.25, 0.3) is 0 Å². The van der Waals surface area contributed by atoms with Crippen LogP contribution in [0.15, 0.2) is 29.3 Å². The summed E-state index contributed by atoms with van der Waals surface area (Å²) in [5, 5.41) is 17.8. The molecule has 1 unspecified atom stereocenters. The van der Waals surface area contributed by atoms with E-state index in [-0.39, 0.29) is 30.0 Å². The molecule has 0 saturated carbocycles. The Morgan fingerprint density at radius 2 is 2.12 bits per heavy atom. The lowest BCUT2D eigenvalue weighted by Gasteiger charge is -2.30. The number of guanidine groups is 1. The summed E-state index contributed by atoms with van der Waals surface area (Å²) in [5.74, 6) is 0.694. The van der Waals surface area contributed by atoms with Crippen LogP contribution in [0.25, 0.3) is 0 Å². The maximum atomic E-state index is 10.5. The predicted molar refractivity (Wildman–Crippen MR) is 109 cm³/mol. The number of halogens is 2. The Morgan fingerprint density at radius 1 is 1.42 bits per heavy atom. The first-order valence-electron chi connectivity index (χ1n) is 8.13. The molecule has 0 aromatic heterocycles. The molecule has 1 aliphatic rings. The van der Waals surface area contributed by atoms with E-state index in [9.17, 15) is 5.11 Å². The van der Waals surface area contributed by atoms with Crippen molar-refractivity contribution in [3.63, 3.8) is 0 Å². The molecule has 2 rings (SSSR count). The molecule has 3 N–H and O–H groups in total. The summed E-state index contributed by atoms with van der Waals surface area (Å²) in [4.78, 5) is 4.55. The van der Waals surface area contributed by atoms with Gasteiger partial charge in [0.05, 0.1) is 18.2 Å². The van der Waals surface area contributed by atoms with Crippen molar-refractivity contribution < 1.29 is 9.84 Å². The van der Waals surface area contributed by atoms with Crippen LogP contribution in [0, 0.1) is 0 Å². The van der Waals surface area contributed by atoms with E-state index in [1.54, 1.807) is 0 Å². The second-order valence-electron chi connectivity index (χ2n) is 5.95. The Labute approximate surface area is 166 Å². The molecule has 24 heavy (non-hydrogen) atoms. The van der Waals surface area contributed by atoms with Crippen LogP contribution in [-0.2, 0) is 4.74 Å². The zero-order chi connectivity index (χ0) is 16.7. The van der Waals surface area contributed by atoms with Crippen molar-refractivity contribution in [3.8, 4) is 0 Å². The van der Waals surface area contributed by atoms with Gasteiger partial charge < -0.3 is 20.5 Å². The first-order valence-corrected chi connectivity index (χ1v) is 8.51. The molecule has 1 aliphatic heterocycles. The molecule has 1 saturated heterocycles. The van der Waals surface area contributed by atoms with Crippen molar-refractivity contribution in [2.75, 3.05) is 26.3 Å². The smallest absolute Gasteiger partial charge is 0.191 e. The number of aliphatic imine (C=N–C) groups is 1.